The first-order chi connectivity index (χ1) is 15.4. The number of carbonyl (C=O) groups is 1. The third-order valence-corrected chi connectivity index (χ3v) is 12.8. The predicted octanol–water partition coefficient (Wildman–Crippen LogP) is 4.66. The molecule has 5 saturated carbocycles. The SMILES string of the molecule is COC(=O)[C]1C[C@@H](C)C2[C](O1)[C@H](O)[C@@]1(C)[C@@H]3CC[C@H]4C(C)(C)C(O)CC[C@@]45CC35CC[C@]21C. The number of aliphatic hydroxyl groups excluding tert-OH is 2. The number of carbonyl (C=O) groups excluding carboxylic acids is 1. The van der Waals surface area contributed by atoms with Crippen LogP contribution in [0, 0.1) is 63.0 Å². The van der Waals surface area contributed by atoms with Gasteiger partial charge in [0.1, 0.15) is 6.10 Å². The molecule has 10 atom stereocenters. The molecule has 1 saturated heterocycles. The lowest BCUT2D eigenvalue weighted by atomic mass is 9.41. The highest BCUT2D eigenvalue weighted by atomic mass is 16.6. The largest absolute Gasteiger partial charge is 0.467 e. The molecular weight excluding hydrogens is 416 g/mol. The molecular formula is C28H42O5. The molecule has 3 unspecified atom stereocenters. The van der Waals surface area contributed by atoms with Gasteiger partial charge in [-0.3, -0.25) is 0 Å². The van der Waals surface area contributed by atoms with Crippen LogP contribution in [0.25, 0.3) is 0 Å². The fraction of sp³-hybridized carbons (Fsp3) is 0.893. The van der Waals surface area contributed by atoms with E-state index in [0.29, 0.717) is 29.8 Å². The van der Waals surface area contributed by atoms with Crippen molar-refractivity contribution >= 4 is 5.97 Å². The van der Waals surface area contributed by atoms with E-state index in [9.17, 15) is 15.0 Å². The van der Waals surface area contributed by atoms with Crippen molar-refractivity contribution in [1.82, 2.24) is 0 Å². The molecule has 0 aromatic heterocycles. The van der Waals surface area contributed by atoms with Crippen LogP contribution < -0.4 is 0 Å². The first-order valence-corrected chi connectivity index (χ1v) is 13.3. The summed E-state index contributed by atoms with van der Waals surface area (Å²) in [7, 11) is 1.39. The highest BCUT2D eigenvalue weighted by Crippen LogP contribution is 2.89. The van der Waals surface area contributed by atoms with E-state index in [0.717, 1.165) is 38.2 Å². The number of hydrogen-bond donors (Lipinski definition) is 2. The number of methoxy groups -OCH3 is 1. The van der Waals surface area contributed by atoms with Gasteiger partial charge in [0, 0.05) is 11.3 Å². The molecule has 1 aliphatic heterocycles. The quantitative estimate of drug-likeness (QED) is 0.559. The lowest BCUT2D eigenvalue weighted by Gasteiger charge is -2.63. The Hall–Kier alpha value is -0.650. The Morgan fingerprint density at radius 1 is 1.00 bits per heavy atom. The van der Waals surface area contributed by atoms with Crippen LogP contribution in [0.4, 0.5) is 0 Å². The summed E-state index contributed by atoms with van der Waals surface area (Å²) >= 11 is 0. The molecule has 0 aromatic carbocycles. The number of fused-ring (bicyclic) bond motifs is 4. The summed E-state index contributed by atoms with van der Waals surface area (Å²) in [5.74, 6) is 1.02. The van der Waals surface area contributed by atoms with Crippen LogP contribution in [0.15, 0.2) is 0 Å². The van der Waals surface area contributed by atoms with E-state index >= 15 is 0 Å². The zero-order valence-electron chi connectivity index (χ0n) is 21.2. The molecule has 0 bridgehead atoms. The highest BCUT2D eigenvalue weighted by Gasteiger charge is 2.84. The van der Waals surface area contributed by atoms with E-state index in [1.54, 1.807) is 0 Å². The van der Waals surface area contributed by atoms with Crippen LogP contribution in [-0.4, -0.2) is 35.5 Å². The number of aliphatic hydroxyl groups is 2. The van der Waals surface area contributed by atoms with Gasteiger partial charge in [-0.25, -0.2) is 4.79 Å². The van der Waals surface area contributed by atoms with Crippen molar-refractivity contribution in [1.29, 1.82) is 0 Å². The van der Waals surface area contributed by atoms with Gasteiger partial charge in [0.2, 0.25) is 6.10 Å². The molecule has 5 nitrogen and oxygen atoms in total. The normalized spacial score (nSPS) is 57.2. The van der Waals surface area contributed by atoms with E-state index < -0.39 is 12.1 Å². The van der Waals surface area contributed by atoms with Crippen molar-refractivity contribution in [3.8, 4) is 0 Å². The molecule has 33 heavy (non-hydrogen) atoms. The van der Waals surface area contributed by atoms with Crippen molar-refractivity contribution < 1.29 is 24.5 Å². The fourth-order valence-corrected chi connectivity index (χ4v) is 11.1. The van der Waals surface area contributed by atoms with Gasteiger partial charge in [-0.2, -0.15) is 0 Å². The Morgan fingerprint density at radius 3 is 2.36 bits per heavy atom. The molecule has 2 N–H and O–H groups in total. The Labute approximate surface area is 199 Å². The first-order valence-electron chi connectivity index (χ1n) is 13.3. The molecule has 0 amide bonds. The van der Waals surface area contributed by atoms with E-state index in [1.807, 2.05) is 0 Å². The third-order valence-electron chi connectivity index (χ3n) is 12.8. The number of hydrogen-bond acceptors (Lipinski definition) is 5. The van der Waals surface area contributed by atoms with Gasteiger partial charge in [0.05, 0.1) is 19.3 Å². The molecule has 6 fully saturated rings. The number of esters is 1. The maximum atomic E-state index is 12.3. The second-order valence-corrected chi connectivity index (χ2v) is 13.7. The Kier molecular flexibility index (Phi) is 4.53. The van der Waals surface area contributed by atoms with Crippen molar-refractivity contribution in [3.63, 3.8) is 0 Å². The highest BCUT2D eigenvalue weighted by molar-refractivity contribution is 5.83. The average molecular weight is 459 g/mol. The predicted molar refractivity (Wildman–Crippen MR) is 123 cm³/mol. The standard InChI is InChI=1S/C28H42O5/c1-15-13-16(23(31)32-6)33-21-20(15)25(4)11-12-28-14-27(28)10-9-19(29)24(2,3)17(27)7-8-18(28)26(25,5)22(21)30/h15,17-20,22,29-30H,7-14H2,1-6H3/t15-,17+,18+,19?,20?,22+,25-,26-,27-,28?/m1/s1. The van der Waals surface area contributed by atoms with Gasteiger partial charge in [0.25, 0.3) is 0 Å². The average Bonchev–Trinajstić information content (AvgIpc) is 3.41. The Bertz CT molecular complexity index is 870. The van der Waals surface area contributed by atoms with Gasteiger partial charge in [-0.05, 0) is 90.8 Å². The summed E-state index contributed by atoms with van der Waals surface area (Å²) in [5.41, 5.74) is 0.276. The van der Waals surface area contributed by atoms with E-state index in [4.69, 9.17) is 9.47 Å². The maximum absolute atomic E-state index is 12.3. The molecule has 5 aliphatic carbocycles. The van der Waals surface area contributed by atoms with Gasteiger partial charge >= 0.3 is 5.97 Å². The summed E-state index contributed by atoms with van der Waals surface area (Å²) in [6.07, 6.45) is 8.69. The van der Waals surface area contributed by atoms with Crippen LogP contribution in [0.2, 0.25) is 0 Å². The minimum Gasteiger partial charge on any atom is -0.467 e. The van der Waals surface area contributed by atoms with Crippen LogP contribution in [0.3, 0.4) is 0 Å². The maximum Gasteiger partial charge on any atom is 0.341 e. The van der Waals surface area contributed by atoms with Crippen LogP contribution in [0.1, 0.15) is 86.0 Å². The summed E-state index contributed by atoms with van der Waals surface area (Å²) in [6, 6.07) is 0. The van der Waals surface area contributed by atoms with Gasteiger partial charge < -0.3 is 19.7 Å². The summed E-state index contributed by atoms with van der Waals surface area (Å²) < 4.78 is 11.2. The van der Waals surface area contributed by atoms with Crippen molar-refractivity contribution in [3.05, 3.63) is 12.2 Å². The van der Waals surface area contributed by atoms with Crippen LogP contribution in [0.5, 0.6) is 0 Å². The lowest BCUT2D eigenvalue weighted by molar-refractivity contribution is -0.181. The minimum atomic E-state index is -0.659. The Balaban J connectivity index is 1.39. The molecule has 2 spiro atoms. The summed E-state index contributed by atoms with van der Waals surface area (Å²) in [4.78, 5) is 12.3. The van der Waals surface area contributed by atoms with E-state index in [1.165, 1.54) is 20.0 Å². The van der Waals surface area contributed by atoms with Crippen LogP contribution in [-0.2, 0) is 14.3 Å². The van der Waals surface area contributed by atoms with Crippen molar-refractivity contribution in [2.45, 2.75) is 98.2 Å². The monoisotopic (exact) mass is 458 g/mol. The molecule has 2 radical (unpaired) electrons. The molecule has 6 aliphatic rings. The second kappa shape index (κ2) is 6.56. The smallest absolute Gasteiger partial charge is 0.341 e. The first kappa shape index (κ1) is 22.8. The third kappa shape index (κ3) is 2.34. The molecule has 1 heterocycles. The number of rotatable bonds is 1. The van der Waals surface area contributed by atoms with E-state index in [2.05, 4.69) is 34.6 Å². The zero-order chi connectivity index (χ0) is 23.8. The fourth-order valence-electron chi connectivity index (χ4n) is 11.1. The minimum absolute atomic E-state index is 0.0343. The number of ether oxygens (including phenoxy) is 2. The zero-order valence-corrected chi connectivity index (χ0v) is 21.2. The van der Waals surface area contributed by atoms with E-state index in [-0.39, 0.29) is 39.6 Å². The molecule has 184 valence electrons. The second-order valence-electron chi connectivity index (χ2n) is 13.7. The summed E-state index contributed by atoms with van der Waals surface area (Å²) in [6.45, 7) is 11.5. The molecule has 6 rings (SSSR count). The lowest BCUT2D eigenvalue weighted by Crippen LogP contribution is -2.59. The van der Waals surface area contributed by atoms with Crippen molar-refractivity contribution in [2.75, 3.05) is 7.11 Å². The van der Waals surface area contributed by atoms with Gasteiger partial charge in [-0.1, -0.05) is 34.6 Å². The van der Waals surface area contributed by atoms with Gasteiger partial charge in [-0.15, -0.1) is 0 Å². The molecule has 0 aromatic rings. The van der Waals surface area contributed by atoms with Crippen molar-refractivity contribution in [2.24, 2.45) is 50.7 Å². The van der Waals surface area contributed by atoms with Gasteiger partial charge in [0.15, 0.2) is 0 Å². The Morgan fingerprint density at radius 2 is 1.67 bits per heavy atom. The topological polar surface area (TPSA) is 76.0 Å². The van der Waals surface area contributed by atoms with Crippen LogP contribution >= 0.6 is 0 Å². The molecule has 5 heteroatoms. The summed E-state index contributed by atoms with van der Waals surface area (Å²) in [5, 5.41) is 22.8.